The number of hydrogen-bond acceptors (Lipinski definition) is 8. The van der Waals surface area contributed by atoms with E-state index in [0.717, 1.165) is 10.9 Å². The summed E-state index contributed by atoms with van der Waals surface area (Å²) in [6.07, 6.45) is 2.31. The number of urea groups is 1. The number of anilines is 1. The number of nitrogens with zero attached hydrogens (tertiary/aromatic N) is 4. The number of halogens is 1. The van der Waals surface area contributed by atoms with Crippen molar-refractivity contribution in [3.8, 4) is 0 Å². The van der Waals surface area contributed by atoms with Gasteiger partial charge in [0.25, 0.3) is 10.0 Å². The summed E-state index contributed by atoms with van der Waals surface area (Å²) in [6, 6.07) is 0.237. The Labute approximate surface area is 147 Å². The molecule has 13 heteroatoms. The molecule has 0 atom stereocenters. The van der Waals surface area contributed by atoms with Gasteiger partial charge >= 0.3 is 12.0 Å². The Balaban J connectivity index is 2.23. The summed E-state index contributed by atoms with van der Waals surface area (Å²) in [6.45, 7) is 1.62. The number of esters is 1. The van der Waals surface area contributed by atoms with E-state index in [1.165, 1.54) is 19.3 Å². The number of carbonyl (C=O) groups is 2. The molecule has 2 heterocycles. The molecule has 2 N–H and O–H groups in total. The molecule has 25 heavy (non-hydrogen) atoms. The maximum absolute atomic E-state index is 12.4. The monoisotopic (exact) mass is 388 g/mol. The first-order valence-electron chi connectivity index (χ1n) is 6.76. The lowest BCUT2D eigenvalue weighted by atomic mass is 10.4. The van der Waals surface area contributed by atoms with E-state index in [1.807, 2.05) is 0 Å². The second-order valence-electron chi connectivity index (χ2n) is 4.47. The van der Waals surface area contributed by atoms with Crippen LogP contribution in [-0.4, -0.2) is 46.8 Å². The van der Waals surface area contributed by atoms with Crippen molar-refractivity contribution in [1.29, 1.82) is 0 Å². The number of aromatic nitrogens is 4. The van der Waals surface area contributed by atoms with Gasteiger partial charge < -0.3 is 4.74 Å². The van der Waals surface area contributed by atoms with E-state index < -0.39 is 27.0 Å². The van der Waals surface area contributed by atoms with Gasteiger partial charge in [-0.05, 0) is 13.0 Å². The Bertz CT molecular complexity index is 912. The predicted octanol–water partition coefficient (Wildman–Crippen LogP) is 0.551. The molecule has 0 aliphatic rings. The number of sulfonamides is 1. The zero-order valence-electron chi connectivity index (χ0n) is 13.1. The Hall–Kier alpha value is -2.73. The Kier molecular flexibility index (Phi) is 5.54. The summed E-state index contributed by atoms with van der Waals surface area (Å²) in [5.74, 6) is -1.08. The molecule has 0 unspecified atom stereocenters. The highest BCUT2D eigenvalue weighted by molar-refractivity contribution is 7.90. The first-order chi connectivity index (χ1) is 11.7. The molecule has 0 fully saturated rings. The van der Waals surface area contributed by atoms with Gasteiger partial charge in [0.1, 0.15) is 10.7 Å². The summed E-state index contributed by atoms with van der Waals surface area (Å²) in [7, 11) is -3.12. The van der Waals surface area contributed by atoms with Gasteiger partial charge in [-0.2, -0.15) is 13.5 Å². The lowest BCUT2D eigenvalue weighted by molar-refractivity contribution is 0.0521. The minimum atomic E-state index is -4.42. The SMILES string of the molecule is CCOC(=O)c1cnn(C)c1S(=O)(=O)NC(=O)Nc1nccc(Cl)n1. The van der Waals surface area contributed by atoms with Crippen LogP contribution >= 0.6 is 11.6 Å². The highest BCUT2D eigenvalue weighted by Gasteiger charge is 2.29. The molecular formula is C12H13ClN6O5S. The first-order valence-corrected chi connectivity index (χ1v) is 8.62. The van der Waals surface area contributed by atoms with E-state index in [4.69, 9.17) is 16.3 Å². The van der Waals surface area contributed by atoms with Crippen LogP contribution in [0.3, 0.4) is 0 Å². The molecule has 0 saturated heterocycles. The molecule has 2 rings (SSSR count). The first kappa shape index (κ1) is 18.6. The molecular weight excluding hydrogens is 376 g/mol. The zero-order chi connectivity index (χ0) is 18.6. The van der Waals surface area contributed by atoms with Gasteiger partial charge in [0.15, 0.2) is 5.03 Å². The molecule has 11 nitrogen and oxygen atoms in total. The fourth-order valence-electron chi connectivity index (χ4n) is 1.79. The van der Waals surface area contributed by atoms with Crippen molar-refractivity contribution in [1.82, 2.24) is 24.5 Å². The van der Waals surface area contributed by atoms with E-state index in [9.17, 15) is 18.0 Å². The number of hydrogen-bond donors (Lipinski definition) is 2. The number of amides is 2. The van der Waals surface area contributed by atoms with E-state index in [0.29, 0.717) is 0 Å². The van der Waals surface area contributed by atoms with Gasteiger partial charge in [-0.25, -0.2) is 24.3 Å². The van der Waals surface area contributed by atoms with Crippen LogP contribution in [0.25, 0.3) is 0 Å². The summed E-state index contributed by atoms with van der Waals surface area (Å²) >= 11 is 5.64. The minimum Gasteiger partial charge on any atom is -0.462 e. The third-order valence-corrected chi connectivity index (χ3v) is 4.37. The van der Waals surface area contributed by atoms with Crippen LogP contribution in [0.2, 0.25) is 5.15 Å². The third kappa shape index (κ3) is 4.42. The van der Waals surface area contributed by atoms with Gasteiger partial charge in [-0.15, -0.1) is 0 Å². The molecule has 0 bridgehead atoms. The van der Waals surface area contributed by atoms with E-state index >= 15 is 0 Å². The Morgan fingerprint density at radius 2 is 2.12 bits per heavy atom. The van der Waals surface area contributed by atoms with Crippen LogP contribution in [0.4, 0.5) is 10.7 Å². The highest BCUT2D eigenvalue weighted by Crippen LogP contribution is 2.16. The number of ether oxygens (including phenoxy) is 1. The van der Waals surface area contributed by atoms with Gasteiger partial charge in [0, 0.05) is 13.2 Å². The summed E-state index contributed by atoms with van der Waals surface area (Å²) < 4.78 is 32.2. The largest absolute Gasteiger partial charge is 0.462 e. The smallest absolute Gasteiger partial charge is 0.342 e. The molecule has 0 aromatic carbocycles. The van der Waals surface area contributed by atoms with Crippen LogP contribution in [0.15, 0.2) is 23.5 Å². The molecule has 0 radical (unpaired) electrons. The molecule has 0 aliphatic heterocycles. The van der Waals surface area contributed by atoms with Crippen molar-refractivity contribution < 1.29 is 22.7 Å². The van der Waals surface area contributed by atoms with Crippen LogP contribution < -0.4 is 10.0 Å². The number of aryl methyl sites for hydroxylation is 1. The van der Waals surface area contributed by atoms with Gasteiger partial charge in [-0.1, -0.05) is 11.6 Å². The summed E-state index contributed by atoms with van der Waals surface area (Å²) in [5, 5.41) is 5.36. The van der Waals surface area contributed by atoms with Crippen molar-refractivity contribution in [3.63, 3.8) is 0 Å². The number of carbonyl (C=O) groups excluding carboxylic acids is 2. The van der Waals surface area contributed by atoms with Crippen LogP contribution in [-0.2, 0) is 21.8 Å². The van der Waals surface area contributed by atoms with Gasteiger partial charge in [0.05, 0.1) is 12.8 Å². The molecule has 0 saturated carbocycles. The van der Waals surface area contributed by atoms with Crippen molar-refractivity contribution in [2.45, 2.75) is 11.9 Å². The van der Waals surface area contributed by atoms with Crippen molar-refractivity contribution in [3.05, 3.63) is 29.2 Å². The maximum atomic E-state index is 12.4. The normalized spacial score (nSPS) is 11.0. The van der Waals surface area contributed by atoms with Crippen molar-refractivity contribution in [2.75, 3.05) is 11.9 Å². The van der Waals surface area contributed by atoms with Crippen molar-refractivity contribution >= 4 is 39.6 Å². The lowest BCUT2D eigenvalue weighted by Crippen LogP contribution is -2.36. The predicted molar refractivity (Wildman–Crippen MR) is 85.5 cm³/mol. The molecule has 0 spiro atoms. The topological polar surface area (TPSA) is 145 Å². The van der Waals surface area contributed by atoms with Gasteiger partial charge in [-0.3, -0.25) is 10.00 Å². The Morgan fingerprint density at radius 1 is 1.40 bits per heavy atom. The minimum absolute atomic E-state index is 0.0488. The van der Waals surface area contributed by atoms with Crippen LogP contribution in [0, 0.1) is 0 Å². The molecule has 2 aromatic rings. The standard InChI is InChI=1S/C12H13ClN6O5S/c1-3-24-10(20)7-6-15-19(2)9(7)25(22,23)18-12(21)17-11-14-5-4-8(13)16-11/h4-6H,3H2,1-2H3,(H2,14,16,17,18,21). The fourth-order valence-corrected chi connectivity index (χ4v) is 3.14. The molecule has 2 aromatic heterocycles. The second kappa shape index (κ2) is 7.44. The van der Waals surface area contributed by atoms with Gasteiger partial charge in [0.2, 0.25) is 5.95 Å². The third-order valence-electron chi connectivity index (χ3n) is 2.71. The lowest BCUT2D eigenvalue weighted by Gasteiger charge is -2.09. The Morgan fingerprint density at radius 3 is 2.76 bits per heavy atom. The van der Waals surface area contributed by atoms with Crippen LogP contribution in [0.1, 0.15) is 17.3 Å². The van der Waals surface area contributed by atoms with E-state index in [2.05, 4.69) is 20.4 Å². The van der Waals surface area contributed by atoms with Crippen molar-refractivity contribution in [2.24, 2.45) is 7.05 Å². The quantitative estimate of drug-likeness (QED) is 0.557. The summed E-state index contributed by atoms with van der Waals surface area (Å²) in [4.78, 5) is 31.1. The average molecular weight is 389 g/mol. The average Bonchev–Trinajstić information content (AvgIpc) is 2.89. The molecule has 0 aliphatic carbocycles. The highest BCUT2D eigenvalue weighted by atomic mass is 35.5. The van der Waals surface area contributed by atoms with E-state index in [1.54, 1.807) is 11.6 Å². The summed E-state index contributed by atoms with van der Waals surface area (Å²) in [5.41, 5.74) is -0.302. The van der Waals surface area contributed by atoms with Crippen LogP contribution in [0.5, 0.6) is 0 Å². The molecule has 2 amide bonds. The number of nitrogens with one attached hydrogen (secondary N) is 2. The second-order valence-corrected chi connectivity index (χ2v) is 6.46. The number of rotatable bonds is 5. The maximum Gasteiger partial charge on any atom is 0.342 e. The zero-order valence-corrected chi connectivity index (χ0v) is 14.6. The van der Waals surface area contributed by atoms with E-state index in [-0.39, 0.29) is 23.3 Å². The molecule has 134 valence electrons. The fraction of sp³-hybridized carbons (Fsp3) is 0.250.